The highest BCUT2D eigenvalue weighted by Gasteiger charge is 2.36. The molecule has 1 fully saturated rings. The van der Waals surface area contributed by atoms with E-state index in [1.165, 1.54) is 6.26 Å². The van der Waals surface area contributed by atoms with E-state index in [-0.39, 0.29) is 29.5 Å². The Balaban J connectivity index is 2.17. The summed E-state index contributed by atoms with van der Waals surface area (Å²) in [5, 5.41) is 11.9. The summed E-state index contributed by atoms with van der Waals surface area (Å²) in [7, 11) is 0. The third-order valence-corrected chi connectivity index (χ3v) is 4.15. The molecule has 2 N–H and O–H groups in total. The van der Waals surface area contributed by atoms with E-state index in [9.17, 15) is 9.59 Å². The third-order valence-electron chi connectivity index (χ3n) is 4.15. The van der Waals surface area contributed by atoms with Gasteiger partial charge in [-0.05, 0) is 25.2 Å². The van der Waals surface area contributed by atoms with Crippen molar-refractivity contribution in [3.63, 3.8) is 0 Å². The number of amides is 1. The first-order chi connectivity index (χ1) is 9.31. The van der Waals surface area contributed by atoms with E-state index in [1.54, 1.807) is 6.92 Å². The van der Waals surface area contributed by atoms with Crippen LogP contribution >= 0.6 is 0 Å². The fraction of sp³-hybridized carbons (Fsp3) is 0.600. The second-order valence-electron chi connectivity index (χ2n) is 6.19. The Bertz CT molecular complexity index is 530. The number of carboxylic acid groups (broad SMARTS) is 1. The van der Waals surface area contributed by atoms with Crippen LogP contribution in [0.5, 0.6) is 0 Å². The van der Waals surface area contributed by atoms with Crippen molar-refractivity contribution in [3.8, 4) is 0 Å². The molecule has 0 spiro atoms. The van der Waals surface area contributed by atoms with Crippen molar-refractivity contribution in [3.05, 3.63) is 23.2 Å². The van der Waals surface area contributed by atoms with Crippen molar-refractivity contribution in [2.45, 2.75) is 52.5 Å². The Morgan fingerprint density at radius 3 is 2.75 bits per heavy atom. The molecule has 0 aromatic carbocycles. The zero-order valence-corrected chi connectivity index (χ0v) is 12.2. The molecule has 1 unspecified atom stereocenters. The Morgan fingerprint density at radius 1 is 1.50 bits per heavy atom. The molecule has 1 heterocycles. The van der Waals surface area contributed by atoms with E-state index in [0.717, 1.165) is 19.3 Å². The number of nitrogens with one attached hydrogen (secondary N) is 1. The van der Waals surface area contributed by atoms with E-state index < -0.39 is 5.97 Å². The van der Waals surface area contributed by atoms with Crippen LogP contribution in [-0.2, 0) is 11.2 Å². The number of rotatable bonds is 4. The molecule has 2 rings (SSSR count). The monoisotopic (exact) mass is 279 g/mol. The van der Waals surface area contributed by atoms with Crippen molar-refractivity contribution in [1.29, 1.82) is 0 Å². The van der Waals surface area contributed by atoms with E-state index in [4.69, 9.17) is 9.52 Å². The summed E-state index contributed by atoms with van der Waals surface area (Å²) < 4.78 is 5.20. The third kappa shape index (κ3) is 2.86. The Labute approximate surface area is 118 Å². The lowest BCUT2D eigenvalue weighted by Gasteiger charge is -2.27. The van der Waals surface area contributed by atoms with Crippen molar-refractivity contribution >= 4 is 11.9 Å². The van der Waals surface area contributed by atoms with Gasteiger partial charge in [-0.2, -0.15) is 0 Å². The zero-order chi connectivity index (χ0) is 14.9. The second kappa shape index (κ2) is 5.31. The molecule has 1 saturated carbocycles. The molecular weight excluding hydrogens is 258 g/mol. The maximum absolute atomic E-state index is 12.4. The summed E-state index contributed by atoms with van der Waals surface area (Å²) in [6, 6.07) is 0.127. The average molecular weight is 279 g/mol. The van der Waals surface area contributed by atoms with Crippen LogP contribution in [0, 0.1) is 12.3 Å². The van der Waals surface area contributed by atoms with Crippen LogP contribution in [0.25, 0.3) is 0 Å². The molecule has 1 aliphatic rings. The fourth-order valence-corrected chi connectivity index (χ4v) is 2.90. The van der Waals surface area contributed by atoms with E-state index in [0.29, 0.717) is 11.1 Å². The number of carbonyl (C=O) groups is 2. The van der Waals surface area contributed by atoms with Gasteiger partial charge in [0.1, 0.15) is 12.2 Å². The highest BCUT2D eigenvalue weighted by Crippen LogP contribution is 2.37. The first-order valence-electron chi connectivity index (χ1n) is 6.91. The molecule has 20 heavy (non-hydrogen) atoms. The first-order valence-corrected chi connectivity index (χ1v) is 6.91. The van der Waals surface area contributed by atoms with Gasteiger partial charge >= 0.3 is 5.97 Å². The van der Waals surface area contributed by atoms with Gasteiger partial charge in [0.2, 0.25) is 0 Å². The van der Waals surface area contributed by atoms with Gasteiger partial charge in [0.05, 0.1) is 11.8 Å². The topological polar surface area (TPSA) is 79.5 Å². The van der Waals surface area contributed by atoms with Crippen LogP contribution in [-0.4, -0.2) is 23.0 Å². The normalized spacial score (nSPS) is 20.9. The van der Waals surface area contributed by atoms with Crippen molar-refractivity contribution in [2.24, 2.45) is 5.41 Å². The van der Waals surface area contributed by atoms with Crippen LogP contribution in [0.15, 0.2) is 10.7 Å². The number of aryl methyl sites for hydroxylation is 1. The summed E-state index contributed by atoms with van der Waals surface area (Å²) in [6.07, 6.45) is 4.32. The van der Waals surface area contributed by atoms with Crippen molar-refractivity contribution < 1.29 is 19.1 Å². The van der Waals surface area contributed by atoms with Crippen molar-refractivity contribution in [1.82, 2.24) is 5.32 Å². The van der Waals surface area contributed by atoms with Crippen LogP contribution in [0.1, 0.15) is 54.8 Å². The molecule has 0 saturated heterocycles. The molecule has 5 heteroatoms. The van der Waals surface area contributed by atoms with Gasteiger partial charge in [-0.1, -0.05) is 20.3 Å². The predicted octanol–water partition coefficient (Wildman–Crippen LogP) is 2.52. The molecule has 1 aliphatic carbocycles. The van der Waals surface area contributed by atoms with Gasteiger partial charge in [0, 0.05) is 11.6 Å². The maximum atomic E-state index is 12.4. The van der Waals surface area contributed by atoms with Crippen LogP contribution in [0.4, 0.5) is 0 Å². The Kier molecular flexibility index (Phi) is 3.88. The number of hydrogen-bond donors (Lipinski definition) is 2. The van der Waals surface area contributed by atoms with Gasteiger partial charge in [-0.15, -0.1) is 0 Å². The molecule has 0 aliphatic heterocycles. The lowest BCUT2D eigenvalue weighted by Crippen LogP contribution is -2.41. The predicted molar refractivity (Wildman–Crippen MR) is 73.7 cm³/mol. The summed E-state index contributed by atoms with van der Waals surface area (Å²) in [6.45, 7) is 6.04. The number of carbonyl (C=O) groups excluding carboxylic acids is 1. The van der Waals surface area contributed by atoms with Gasteiger partial charge in [0.25, 0.3) is 5.91 Å². The number of furan rings is 1. The molecule has 0 radical (unpaired) electrons. The lowest BCUT2D eigenvalue weighted by molar-refractivity contribution is -0.136. The minimum Gasteiger partial charge on any atom is -0.481 e. The SMILES string of the molecule is Cc1coc(CC(=O)O)c1C(=O)NC1CCCC1(C)C. The lowest BCUT2D eigenvalue weighted by atomic mass is 9.87. The van der Waals surface area contributed by atoms with E-state index in [2.05, 4.69) is 19.2 Å². The van der Waals surface area contributed by atoms with E-state index in [1.807, 2.05) is 0 Å². The van der Waals surface area contributed by atoms with Gasteiger partial charge in [-0.25, -0.2) is 0 Å². The summed E-state index contributed by atoms with van der Waals surface area (Å²) >= 11 is 0. The molecule has 0 bridgehead atoms. The summed E-state index contributed by atoms with van der Waals surface area (Å²) in [4.78, 5) is 23.2. The minimum atomic E-state index is -1.01. The second-order valence-corrected chi connectivity index (χ2v) is 6.19. The van der Waals surface area contributed by atoms with Gasteiger partial charge in [-0.3, -0.25) is 9.59 Å². The first kappa shape index (κ1) is 14.6. The van der Waals surface area contributed by atoms with Gasteiger partial charge in [0.15, 0.2) is 0 Å². The fourth-order valence-electron chi connectivity index (χ4n) is 2.90. The highest BCUT2D eigenvalue weighted by molar-refractivity contribution is 5.97. The maximum Gasteiger partial charge on any atom is 0.311 e. The van der Waals surface area contributed by atoms with Crippen LogP contribution in [0.2, 0.25) is 0 Å². The van der Waals surface area contributed by atoms with Crippen LogP contribution in [0.3, 0.4) is 0 Å². The van der Waals surface area contributed by atoms with Crippen LogP contribution < -0.4 is 5.32 Å². The standard InChI is InChI=1S/C15H21NO4/c1-9-8-20-10(7-12(17)18)13(9)14(19)16-11-5-4-6-15(11,2)3/h8,11H,4-7H2,1-3H3,(H,16,19)(H,17,18). The largest absolute Gasteiger partial charge is 0.481 e. The number of aliphatic carboxylic acids is 1. The molecule has 1 aromatic rings. The molecule has 5 nitrogen and oxygen atoms in total. The molecule has 110 valence electrons. The number of carboxylic acids is 1. The molecule has 1 amide bonds. The molecular formula is C15H21NO4. The molecule has 1 aromatic heterocycles. The minimum absolute atomic E-state index is 0.0836. The van der Waals surface area contributed by atoms with Crippen molar-refractivity contribution in [2.75, 3.05) is 0 Å². The highest BCUT2D eigenvalue weighted by atomic mass is 16.4. The summed E-state index contributed by atoms with van der Waals surface area (Å²) in [5.74, 6) is -1.01. The molecule has 1 atom stereocenters. The Morgan fingerprint density at radius 2 is 2.20 bits per heavy atom. The zero-order valence-electron chi connectivity index (χ0n) is 12.2. The number of hydrogen-bond acceptors (Lipinski definition) is 3. The summed E-state index contributed by atoms with van der Waals surface area (Å²) in [5.41, 5.74) is 1.13. The Hall–Kier alpha value is -1.78. The smallest absolute Gasteiger partial charge is 0.311 e. The van der Waals surface area contributed by atoms with E-state index >= 15 is 0 Å². The average Bonchev–Trinajstić information content (AvgIpc) is 2.82. The van der Waals surface area contributed by atoms with Gasteiger partial charge < -0.3 is 14.8 Å². The quantitative estimate of drug-likeness (QED) is 0.887.